The average Bonchev–Trinajstić information content (AvgIpc) is 3.06. The van der Waals surface area contributed by atoms with Crippen molar-refractivity contribution in [1.29, 1.82) is 0 Å². The van der Waals surface area contributed by atoms with Crippen LogP contribution in [0.15, 0.2) is 107 Å². The number of hydrogen-bond acceptors (Lipinski definition) is 8. The first-order valence-corrected chi connectivity index (χ1v) is 19.5. The van der Waals surface area contributed by atoms with Crippen molar-refractivity contribution in [3.63, 3.8) is 0 Å². The predicted octanol–water partition coefficient (Wildman–Crippen LogP) is 9.41. The molecule has 0 aliphatic rings. The van der Waals surface area contributed by atoms with Gasteiger partial charge in [-0.1, -0.05) is 126 Å². The largest absolute Gasteiger partial charge is 2.00 e. The minimum atomic E-state index is -4.57. The molecule has 0 amide bonds. The summed E-state index contributed by atoms with van der Waals surface area (Å²) in [7, 11) is -9.14. The Morgan fingerprint density at radius 2 is 0.755 bits per heavy atom. The van der Waals surface area contributed by atoms with Crippen LogP contribution < -0.4 is 9.47 Å². The fourth-order valence-corrected chi connectivity index (χ4v) is 6.38. The summed E-state index contributed by atoms with van der Waals surface area (Å²) in [6.07, 6.45) is 13.5. The van der Waals surface area contributed by atoms with Crippen LogP contribution in [0.3, 0.4) is 0 Å². The number of para-hydroxylation sites is 4. The second-order valence-corrected chi connectivity index (χ2v) is 14.2. The van der Waals surface area contributed by atoms with Gasteiger partial charge in [0.15, 0.2) is 0 Å². The Labute approximate surface area is 322 Å². The van der Waals surface area contributed by atoms with Crippen molar-refractivity contribution in [3.05, 3.63) is 108 Å². The van der Waals surface area contributed by atoms with Crippen LogP contribution in [-0.2, 0) is 33.1 Å². The van der Waals surface area contributed by atoms with E-state index in [-0.39, 0.29) is 59.0 Å². The quantitative estimate of drug-likeness (QED) is 0.0561. The first-order valence-electron chi connectivity index (χ1n) is 16.7. The van der Waals surface area contributed by atoms with Crippen LogP contribution in [0.5, 0.6) is 23.0 Å². The van der Waals surface area contributed by atoms with E-state index in [4.69, 9.17) is 9.47 Å². The van der Waals surface area contributed by atoms with Crippen LogP contribution in [0.1, 0.15) is 89.2 Å². The standard InChI is InChI=1S/2C19H24O4S.Ca/c2*1-2-3-4-5-6-11-16-12-7-8-13-17(16)23-18-14-9-10-15-19(18)24(20,21)22;/h2*7-10,12-15H,2-6,11H2,1H3,(H,20,21,22);/q;;+2/p-2. The Balaban J connectivity index is 0.000000333. The normalized spacial score (nSPS) is 11.2. The molecule has 0 saturated heterocycles. The van der Waals surface area contributed by atoms with Gasteiger partial charge in [-0.15, -0.1) is 0 Å². The number of rotatable bonds is 18. The zero-order valence-corrected chi connectivity index (χ0v) is 32.4. The van der Waals surface area contributed by atoms with Crippen LogP contribution in [0.4, 0.5) is 0 Å². The Morgan fingerprint density at radius 1 is 0.449 bits per heavy atom. The molecule has 0 heterocycles. The number of hydrogen-bond donors (Lipinski definition) is 0. The molecular formula is C38H46CaO8S2. The summed E-state index contributed by atoms with van der Waals surface area (Å²) in [6.45, 7) is 4.37. The Bertz CT molecular complexity index is 1640. The molecule has 0 bridgehead atoms. The molecule has 0 aliphatic carbocycles. The molecule has 0 unspecified atom stereocenters. The molecule has 4 aromatic carbocycles. The van der Waals surface area contributed by atoms with Gasteiger partial charge in [0.1, 0.15) is 43.2 Å². The molecule has 11 heteroatoms. The molecular weight excluding hydrogens is 689 g/mol. The van der Waals surface area contributed by atoms with Crippen molar-refractivity contribution >= 4 is 58.0 Å². The van der Waals surface area contributed by atoms with E-state index in [9.17, 15) is 25.9 Å². The third kappa shape index (κ3) is 15.1. The molecule has 0 N–H and O–H groups in total. The fraction of sp³-hybridized carbons (Fsp3) is 0.368. The maximum atomic E-state index is 11.4. The predicted molar refractivity (Wildman–Crippen MR) is 193 cm³/mol. The number of ether oxygens (including phenoxy) is 2. The van der Waals surface area contributed by atoms with E-state index in [1.54, 1.807) is 24.3 Å². The van der Waals surface area contributed by atoms with Crippen molar-refractivity contribution in [2.45, 2.75) is 101 Å². The Hall–Kier alpha value is -2.44. The fourth-order valence-electron chi connectivity index (χ4n) is 5.18. The smallest absolute Gasteiger partial charge is 0.744 e. The van der Waals surface area contributed by atoms with E-state index in [1.807, 2.05) is 36.4 Å². The maximum absolute atomic E-state index is 11.4. The second-order valence-electron chi connectivity index (χ2n) is 11.5. The minimum Gasteiger partial charge on any atom is -0.744 e. The molecule has 0 atom stereocenters. The third-order valence-corrected chi connectivity index (χ3v) is 9.47. The van der Waals surface area contributed by atoms with Gasteiger partial charge < -0.3 is 18.6 Å². The molecule has 0 spiro atoms. The topological polar surface area (TPSA) is 133 Å². The van der Waals surface area contributed by atoms with Gasteiger partial charge in [0.05, 0.1) is 9.79 Å². The van der Waals surface area contributed by atoms with E-state index >= 15 is 0 Å². The van der Waals surface area contributed by atoms with Gasteiger partial charge in [-0.2, -0.15) is 0 Å². The number of unbranched alkanes of at least 4 members (excludes halogenated alkanes) is 8. The zero-order valence-electron chi connectivity index (χ0n) is 28.5. The van der Waals surface area contributed by atoms with Gasteiger partial charge in [0.2, 0.25) is 0 Å². The molecule has 0 radical (unpaired) electrons. The minimum absolute atomic E-state index is 0. The van der Waals surface area contributed by atoms with E-state index in [0.717, 1.165) is 49.7 Å². The second kappa shape index (κ2) is 22.4. The molecule has 49 heavy (non-hydrogen) atoms. The summed E-state index contributed by atoms with van der Waals surface area (Å²) >= 11 is 0. The molecule has 0 fully saturated rings. The van der Waals surface area contributed by atoms with Crippen LogP contribution in [0, 0.1) is 0 Å². The van der Waals surface area contributed by atoms with Crippen LogP contribution in [-0.4, -0.2) is 63.7 Å². The van der Waals surface area contributed by atoms with Gasteiger partial charge in [-0.05, 0) is 73.2 Å². The maximum Gasteiger partial charge on any atom is 2.00 e. The summed E-state index contributed by atoms with van der Waals surface area (Å²) in [5.41, 5.74) is 2.04. The summed E-state index contributed by atoms with van der Waals surface area (Å²) in [6, 6.07) is 27.0. The van der Waals surface area contributed by atoms with E-state index in [1.165, 1.54) is 74.9 Å². The molecule has 4 aromatic rings. The van der Waals surface area contributed by atoms with E-state index in [0.29, 0.717) is 11.5 Å². The molecule has 4 rings (SSSR count). The van der Waals surface area contributed by atoms with Crippen molar-refractivity contribution in [2.75, 3.05) is 0 Å². The first kappa shape index (κ1) is 42.7. The summed E-state index contributed by atoms with van der Waals surface area (Å²) in [5.74, 6) is 1.35. The Morgan fingerprint density at radius 3 is 1.10 bits per heavy atom. The van der Waals surface area contributed by atoms with E-state index in [2.05, 4.69) is 13.8 Å². The van der Waals surface area contributed by atoms with Gasteiger partial charge in [-0.3, -0.25) is 0 Å². The van der Waals surface area contributed by atoms with Crippen molar-refractivity contribution in [3.8, 4) is 23.0 Å². The molecule has 8 nitrogen and oxygen atoms in total. The van der Waals surface area contributed by atoms with Crippen LogP contribution in [0.25, 0.3) is 0 Å². The molecule has 0 aromatic heterocycles. The van der Waals surface area contributed by atoms with E-state index < -0.39 is 20.2 Å². The van der Waals surface area contributed by atoms with Gasteiger partial charge >= 0.3 is 37.7 Å². The number of benzene rings is 4. The van der Waals surface area contributed by atoms with Crippen molar-refractivity contribution in [1.82, 2.24) is 0 Å². The number of aryl methyl sites for hydroxylation is 2. The average molecular weight is 735 g/mol. The third-order valence-electron chi connectivity index (χ3n) is 7.72. The van der Waals surface area contributed by atoms with Gasteiger partial charge in [0, 0.05) is 0 Å². The molecule has 0 saturated carbocycles. The zero-order chi connectivity index (χ0) is 34.8. The van der Waals surface area contributed by atoms with Crippen molar-refractivity contribution in [2.24, 2.45) is 0 Å². The summed E-state index contributed by atoms with van der Waals surface area (Å²) < 4.78 is 79.7. The van der Waals surface area contributed by atoms with Crippen LogP contribution >= 0.6 is 0 Å². The molecule has 260 valence electrons. The Kier molecular flexibility index (Phi) is 19.5. The monoisotopic (exact) mass is 734 g/mol. The van der Waals surface area contributed by atoms with Gasteiger partial charge in [-0.25, -0.2) is 16.8 Å². The van der Waals surface area contributed by atoms with Gasteiger partial charge in [0.25, 0.3) is 0 Å². The summed E-state index contributed by atoms with van der Waals surface area (Å²) in [4.78, 5) is -0.662. The first-order chi connectivity index (χ1) is 23.0. The summed E-state index contributed by atoms with van der Waals surface area (Å²) in [5, 5.41) is 0. The molecule has 0 aliphatic heterocycles. The SMILES string of the molecule is CCCCCCCc1ccccc1Oc1ccccc1S(=O)(=O)[O-].CCCCCCCc1ccccc1Oc1ccccc1S(=O)(=O)[O-].[Ca+2]. The van der Waals surface area contributed by atoms with Crippen molar-refractivity contribution < 1.29 is 35.4 Å². The van der Waals surface area contributed by atoms with Crippen LogP contribution in [0.2, 0.25) is 0 Å².